The van der Waals surface area contributed by atoms with Gasteiger partial charge in [0.05, 0.1) is 6.61 Å². The highest BCUT2D eigenvalue weighted by Crippen LogP contribution is 2.00. The average Bonchev–Trinajstić information content (AvgIpc) is 2.11. The molecule has 5 heteroatoms. The van der Waals surface area contributed by atoms with Crippen LogP contribution < -0.4 is 0 Å². The molecule has 0 rings (SSSR count). The molecular formula is C7H9BrO4. The van der Waals surface area contributed by atoms with Gasteiger partial charge in [0.2, 0.25) is 0 Å². The van der Waals surface area contributed by atoms with E-state index >= 15 is 0 Å². The number of aliphatic hydroxyl groups is 1. The zero-order valence-corrected chi connectivity index (χ0v) is 7.91. The van der Waals surface area contributed by atoms with Crippen LogP contribution in [0.1, 0.15) is 0 Å². The zero-order chi connectivity index (χ0) is 9.56. The lowest BCUT2D eigenvalue weighted by Gasteiger charge is -2.03. The molecule has 0 aromatic carbocycles. The van der Waals surface area contributed by atoms with Gasteiger partial charge in [-0.1, -0.05) is 28.6 Å². The number of ketones is 1. The van der Waals surface area contributed by atoms with Gasteiger partial charge in [0.25, 0.3) is 5.78 Å². The van der Waals surface area contributed by atoms with E-state index < -0.39 is 23.2 Å². The molecule has 68 valence electrons. The van der Waals surface area contributed by atoms with Crippen LogP contribution in [0.2, 0.25) is 0 Å². The third kappa shape index (κ3) is 3.64. The quantitative estimate of drug-likeness (QED) is 0.317. The normalized spacial score (nSPS) is 11.8. The van der Waals surface area contributed by atoms with Crippen LogP contribution in [0.5, 0.6) is 0 Å². The molecule has 0 heterocycles. The summed E-state index contributed by atoms with van der Waals surface area (Å²) >= 11 is 2.81. The molecular weight excluding hydrogens is 228 g/mol. The maximum absolute atomic E-state index is 10.9. The predicted molar refractivity (Wildman–Crippen MR) is 46.0 cm³/mol. The monoisotopic (exact) mass is 236 g/mol. The van der Waals surface area contributed by atoms with Gasteiger partial charge >= 0.3 is 5.97 Å². The maximum atomic E-state index is 10.9. The fourth-order valence-electron chi connectivity index (χ4n) is 0.417. The molecule has 0 fully saturated rings. The molecule has 0 bridgehead atoms. The lowest BCUT2D eigenvalue weighted by atomic mass is 10.3. The third-order valence-corrected chi connectivity index (χ3v) is 1.68. The molecule has 0 aromatic heterocycles. The number of carbonyl (C=O) groups is 2. The molecule has 1 unspecified atom stereocenters. The second kappa shape index (κ2) is 5.91. The van der Waals surface area contributed by atoms with E-state index in [9.17, 15) is 9.59 Å². The van der Waals surface area contributed by atoms with Crippen LogP contribution in [-0.2, 0) is 14.3 Å². The summed E-state index contributed by atoms with van der Waals surface area (Å²) in [6.45, 7) is 2.87. The summed E-state index contributed by atoms with van der Waals surface area (Å²) in [7, 11) is 0. The van der Waals surface area contributed by atoms with E-state index in [1.54, 1.807) is 0 Å². The van der Waals surface area contributed by atoms with E-state index in [-0.39, 0.29) is 6.61 Å². The van der Waals surface area contributed by atoms with Crippen LogP contribution in [0.4, 0.5) is 0 Å². The van der Waals surface area contributed by atoms with Crippen LogP contribution in [0.15, 0.2) is 12.7 Å². The van der Waals surface area contributed by atoms with Crippen molar-refractivity contribution in [2.24, 2.45) is 0 Å². The molecule has 0 aliphatic heterocycles. The molecule has 0 amide bonds. The number of halogens is 1. The fourth-order valence-corrected chi connectivity index (χ4v) is 0.603. The van der Waals surface area contributed by atoms with Crippen molar-refractivity contribution in [1.82, 2.24) is 0 Å². The standard InChI is InChI=1S/C7H9BrO4/c1-2-3-12-7(11)6(10)5(8)4-9/h2,5,9H,1,3-4H2. The summed E-state index contributed by atoms with van der Waals surface area (Å²) in [6, 6.07) is 0. The van der Waals surface area contributed by atoms with Gasteiger partial charge in [-0.15, -0.1) is 0 Å². The Bertz CT molecular complexity index is 190. The fraction of sp³-hybridized carbons (Fsp3) is 0.429. The molecule has 0 aromatic rings. The van der Waals surface area contributed by atoms with E-state index in [1.807, 2.05) is 0 Å². The van der Waals surface area contributed by atoms with Gasteiger partial charge in [-0.3, -0.25) is 4.79 Å². The van der Waals surface area contributed by atoms with Crippen molar-refractivity contribution in [3.05, 3.63) is 12.7 Å². The van der Waals surface area contributed by atoms with Crippen molar-refractivity contribution in [2.75, 3.05) is 13.2 Å². The highest BCUT2D eigenvalue weighted by Gasteiger charge is 2.22. The first kappa shape index (κ1) is 11.3. The Hall–Kier alpha value is -0.680. The summed E-state index contributed by atoms with van der Waals surface area (Å²) in [5, 5.41) is 8.48. The highest BCUT2D eigenvalue weighted by molar-refractivity contribution is 9.10. The summed E-state index contributed by atoms with van der Waals surface area (Å²) in [5.41, 5.74) is 0. The summed E-state index contributed by atoms with van der Waals surface area (Å²) < 4.78 is 4.43. The number of Topliss-reactive ketones (excluding diaryl/α,β-unsaturated/α-hetero) is 1. The van der Waals surface area contributed by atoms with Gasteiger partial charge in [0, 0.05) is 0 Å². The van der Waals surface area contributed by atoms with Gasteiger partial charge < -0.3 is 9.84 Å². The minimum absolute atomic E-state index is 0.00424. The first-order valence-corrected chi connectivity index (χ1v) is 4.11. The number of carbonyl (C=O) groups excluding carboxylic acids is 2. The van der Waals surface area contributed by atoms with Crippen LogP contribution in [-0.4, -0.2) is 34.9 Å². The highest BCUT2D eigenvalue weighted by atomic mass is 79.9. The Morgan fingerprint density at radius 3 is 2.67 bits per heavy atom. The number of hydrogen-bond acceptors (Lipinski definition) is 4. The molecule has 12 heavy (non-hydrogen) atoms. The van der Waals surface area contributed by atoms with E-state index in [0.29, 0.717) is 0 Å². The second-order valence-electron chi connectivity index (χ2n) is 1.90. The van der Waals surface area contributed by atoms with Crippen molar-refractivity contribution in [3.8, 4) is 0 Å². The smallest absolute Gasteiger partial charge is 0.376 e. The molecule has 0 saturated carbocycles. The summed E-state index contributed by atoms with van der Waals surface area (Å²) in [5.74, 6) is -1.76. The third-order valence-electron chi connectivity index (χ3n) is 0.978. The number of ether oxygens (including phenoxy) is 1. The molecule has 0 radical (unpaired) electrons. The van der Waals surface area contributed by atoms with Gasteiger partial charge in [0.15, 0.2) is 0 Å². The molecule has 4 nitrogen and oxygen atoms in total. The van der Waals surface area contributed by atoms with Crippen molar-refractivity contribution < 1.29 is 19.4 Å². The predicted octanol–water partition coefficient (Wildman–Crippen LogP) is 0.0405. The van der Waals surface area contributed by atoms with Crippen molar-refractivity contribution in [1.29, 1.82) is 0 Å². The Morgan fingerprint density at radius 1 is 1.67 bits per heavy atom. The van der Waals surface area contributed by atoms with E-state index in [2.05, 4.69) is 27.2 Å². The molecule has 0 aliphatic rings. The molecule has 1 atom stereocenters. The van der Waals surface area contributed by atoms with E-state index in [0.717, 1.165) is 0 Å². The Balaban J connectivity index is 3.92. The lowest BCUT2D eigenvalue weighted by molar-refractivity contribution is -0.152. The molecule has 0 saturated heterocycles. The first-order chi connectivity index (χ1) is 5.63. The Morgan fingerprint density at radius 2 is 2.25 bits per heavy atom. The van der Waals surface area contributed by atoms with Crippen LogP contribution >= 0.6 is 15.9 Å². The Kier molecular flexibility index (Phi) is 5.57. The van der Waals surface area contributed by atoms with E-state index in [4.69, 9.17) is 5.11 Å². The molecule has 0 spiro atoms. The number of alkyl halides is 1. The minimum atomic E-state index is -0.967. The molecule has 0 aliphatic carbocycles. The van der Waals surface area contributed by atoms with Crippen LogP contribution in [0, 0.1) is 0 Å². The topological polar surface area (TPSA) is 63.6 Å². The van der Waals surface area contributed by atoms with Crippen LogP contribution in [0.25, 0.3) is 0 Å². The average molecular weight is 237 g/mol. The number of esters is 1. The van der Waals surface area contributed by atoms with Crippen molar-refractivity contribution in [2.45, 2.75) is 4.83 Å². The van der Waals surface area contributed by atoms with Gasteiger partial charge in [0.1, 0.15) is 11.4 Å². The Labute approximate surface area is 78.3 Å². The zero-order valence-electron chi connectivity index (χ0n) is 6.33. The maximum Gasteiger partial charge on any atom is 0.376 e. The van der Waals surface area contributed by atoms with Gasteiger partial charge in [-0.2, -0.15) is 0 Å². The first-order valence-electron chi connectivity index (χ1n) is 3.20. The van der Waals surface area contributed by atoms with Crippen molar-refractivity contribution >= 4 is 27.7 Å². The van der Waals surface area contributed by atoms with Gasteiger partial charge in [-0.25, -0.2) is 4.79 Å². The largest absolute Gasteiger partial charge is 0.456 e. The minimum Gasteiger partial charge on any atom is -0.456 e. The number of rotatable bonds is 5. The summed E-state index contributed by atoms with van der Waals surface area (Å²) in [4.78, 5) is 20.7. The van der Waals surface area contributed by atoms with E-state index in [1.165, 1.54) is 6.08 Å². The molecule has 1 N–H and O–H groups in total. The number of aliphatic hydroxyl groups excluding tert-OH is 1. The van der Waals surface area contributed by atoms with Crippen LogP contribution in [0.3, 0.4) is 0 Å². The second-order valence-corrected chi connectivity index (χ2v) is 3.01. The van der Waals surface area contributed by atoms with Crippen molar-refractivity contribution in [3.63, 3.8) is 0 Å². The number of hydrogen-bond donors (Lipinski definition) is 1. The van der Waals surface area contributed by atoms with Gasteiger partial charge in [-0.05, 0) is 0 Å². The summed E-state index contributed by atoms with van der Waals surface area (Å²) in [6.07, 6.45) is 1.35. The lowest BCUT2D eigenvalue weighted by Crippen LogP contribution is -2.28. The SMILES string of the molecule is C=CCOC(=O)C(=O)C(Br)CO.